The minimum Gasteiger partial charge on any atom is -0.326 e. The molecule has 0 aromatic heterocycles. The van der Waals surface area contributed by atoms with Gasteiger partial charge in [0.1, 0.15) is 0 Å². The first-order valence-corrected chi connectivity index (χ1v) is 9.05. The highest BCUT2D eigenvalue weighted by molar-refractivity contribution is 6.08. The summed E-state index contributed by atoms with van der Waals surface area (Å²) in [5, 5.41) is 8.07. The van der Waals surface area contributed by atoms with Gasteiger partial charge in [-0.25, -0.2) is 0 Å². The van der Waals surface area contributed by atoms with Gasteiger partial charge in [-0.3, -0.25) is 4.79 Å². The van der Waals surface area contributed by atoms with Crippen LogP contribution in [0.2, 0.25) is 0 Å². The quantitative estimate of drug-likeness (QED) is 0.447. The van der Waals surface area contributed by atoms with Crippen molar-refractivity contribution in [2.75, 3.05) is 5.32 Å². The van der Waals surface area contributed by atoms with Crippen molar-refractivity contribution in [2.45, 2.75) is 19.3 Å². The fourth-order valence-corrected chi connectivity index (χ4v) is 3.52. The Labute approximate surface area is 153 Å². The average Bonchev–Trinajstić information content (AvgIpc) is 2.69. The third-order valence-corrected chi connectivity index (χ3v) is 4.76. The summed E-state index contributed by atoms with van der Waals surface area (Å²) in [6.45, 7) is 0. The number of para-hydroxylation sites is 1. The van der Waals surface area contributed by atoms with Crippen molar-refractivity contribution in [3.05, 3.63) is 90.5 Å². The van der Waals surface area contributed by atoms with E-state index < -0.39 is 0 Å². The van der Waals surface area contributed by atoms with Crippen molar-refractivity contribution in [3.63, 3.8) is 0 Å². The van der Waals surface area contributed by atoms with Crippen molar-refractivity contribution in [2.24, 2.45) is 0 Å². The third-order valence-electron chi connectivity index (χ3n) is 4.76. The summed E-state index contributed by atoms with van der Waals surface area (Å²) in [6, 6.07) is 28.9. The molecule has 26 heavy (non-hydrogen) atoms. The molecule has 0 bridgehead atoms. The maximum atomic E-state index is 12.2. The number of carbonyl (C=O) groups excluding carboxylic acids is 1. The topological polar surface area (TPSA) is 29.1 Å². The van der Waals surface area contributed by atoms with Crippen molar-refractivity contribution in [1.29, 1.82) is 0 Å². The molecule has 0 radical (unpaired) electrons. The Morgan fingerprint density at radius 2 is 1.38 bits per heavy atom. The Balaban J connectivity index is 1.51. The number of rotatable bonds is 5. The van der Waals surface area contributed by atoms with Crippen LogP contribution in [0.4, 0.5) is 5.69 Å². The Morgan fingerprint density at radius 1 is 0.731 bits per heavy atom. The molecule has 4 aromatic rings. The number of anilines is 1. The lowest BCUT2D eigenvalue weighted by atomic mass is 9.94. The lowest BCUT2D eigenvalue weighted by molar-refractivity contribution is -0.116. The molecular weight excluding hydrogens is 318 g/mol. The molecule has 0 unspecified atom stereocenters. The summed E-state index contributed by atoms with van der Waals surface area (Å²) >= 11 is 0. The van der Waals surface area contributed by atoms with Crippen molar-refractivity contribution in [3.8, 4) is 0 Å². The molecule has 128 valence electrons. The van der Waals surface area contributed by atoms with Crippen LogP contribution >= 0.6 is 0 Å². The highest BCUT2D eigenvalue weighted by Crippen LogP contribution is 2.29. The van der Waals surface area contributed by atoms with Crippen LogP contribution in [0.25, 0.3) is 21.5 Å². The number of aryl methyl sites for hydroxylation is 1. The Morgan fingerprint density at radius 3 is 2.19 bits per heavy atom. The van der Waals surface area contributed by atoms with Crippen molar-refractivity contribution >= 4 is 33.1 Å². The molecule has 1 amide bonds. The van der Waals surface area contributed by atoms with E-state index in [0.29, 0.717) is 6.42 Å². The molecule has 0 spiro atoms. The van der Waals surface area contributed by atoms with Gasteiger partial charge in [-0.2, -0.15) is 0 Å². The first-order valence-electron chi connectivity index (χ1n) is 9.05. The third kappa shape index (κ3) is 3.45. The van der Waals surface area contributed by atoms with Crippen LogP contribution in [0, 0.1) is 0 Å². The zero-order valence-electron chi connectivity index (χ0n) is 14.6. The summed E-state index contributed by atoms with van der Waals surface area (Å²) in [5.41, 5.74) is 2.17. The summed E-state index contributed by atoms with van der Waals surface area (Å²) in [6.07, 6.45) is 2.25. The molecule has 0 aliphatic rings. The Kier molecular flexibility index (Phi) is 4.65. The molecule has 0 fully saturated rings. The summed E-state index contributed by atoms with van der Waals surface area (Å²) in [5.74, 6) is 0.0706. The first kappa shape index (κ1) is 16.3. The van der Waals surface area contributed by atoms with Crippen molar-refractivity contribution < 1.29 is 4.79 Å². The zero-order chi connectivity index (χ0) is 17.8. The van der Waals surface area contributed by atoms with E-state index in [2.05, 4.69) is 59.9 Å². The molecule has 1 N–H and O–H groups in total. The van der Waals surface area contributed by atoms with Gasteiger partial charge in [0.15, 0.2) is 0 Å². The fraction of sp³-hybridized carbons (Fsp3) is 0.125. The lowest BCUT2D eigenvalue weighted by Crippen LogP contribution is -2.11. The van der Waals surface area contributed by atoms with Gasteiger partial charge >= 0.3 is 0 Å². The molecule has 0 aliphatic carbocycles. The van der Waals surface area contributed by atoms with Crippen molar-refractivity contribution in [1.82, 2.24) is 0 Å². The van der Waals surface area contributed by atoms with Gasteiger partial charge in [-0.1, -0.05) is 72.8 Å². The van der Waals surface area contributed by atoms with Crippen LogP contribution in [-0.4, -0.2) is 5.91 Å². The van der Waals surface area contributed by atoms with Crippen LogP contribution in [-0.2, 0) is 11.2 Å². The molecule has 0 aliphatic heterocycles. The maximum Gasteiger partial charge on any atom is 0.224 e. The highest BCUT2D eigenvalue weighted by atomic mass is 16.1. The fourth-order valence-electron chi connectivity index (χ4n) is 3.52. The van der Waals surface area contributed by atoms with Gasteiger partial charge in [0.05, 0.1) is 0 Å². The molecule has 4 rings (SSSR count). The summed E-state index contributed by atoms with van der Waals surface area (Å²) in [4.78, 5) is 12.2. The molecule has 2 heteroatoms. The van der Waals surface area contributed by atoms with Crippen LogP contribution in [0.3, 0.4) is 0 Å². The first-order chi connectivity index (χ1) is 12.8. The van der Waals surface area contributed by atoms with Gasteiger partial charge in [-0.05, 0) is 52.1 Å². The molecule has 0 saturated heterocycles. The molecule has 4 aromatic carbocycles. The predicted molar refractivity (Wildman–Crippen MR) is 109 cm³/mol. The molecule has 0 saturated carbocycles. The standard InChI is InChI=1S/C24H21NO/c26-24(25-20-11-2-1-3-12-20)16-8-10-19-17-18-9-4-5-13-21(18)23-15-7-6-14-22(19)23/h1-7,9,11-15,17H,8,10,16H2,(H,25,26). The molecule has 2 nitrogen and oxygen atoms in total. The van der Waals surface area contributed by atoms with E-state index >= 15 is 0 Å². The largest absolute Gasteiger partial charge is 0.326 e. The van der Waals surface area contributed by atoms with E-state index in [4.69, 9.17) is 0 Å². The average molecular weight is 339 g/mol. The van der Waals surface area contributed by atoms with E-state index in [9.17, 15) is 4.79 Å². The molecule has 0 heterocycles. The van der Waals surface area contributed by atoms with E-state index in [1.807, 2.05) is 30.3 Å². The number of carbonyl (C=O) groups is 1. The minimum atomic E-state index is 0.0706. The van der Waals surface area contributed by atoms with Gasteiger partial charge in [0, 0.05) is 12.1 Å². The Bertz CT molecular complexity index is 1050. The number of hydrogen-bond donors (Lipinski definition) is 1. The maximum absolute atomic E-state index is 12.2. The monoisotopic (exact) mass is 339 g/mol. The predicted octanol–water partition coefficient (Wildman–Crippen LogP) is 5.95. The summed E-state index contributed by atoms with van der Waals surface area (Å²) in [7, 11) is 0. The number of hydrogen-bond acceptors (Lipinski definition) is 1. The van der Waals surface area contributed by atoms with E-state index in [1.54, 1.807) is 0 Å². The number of benzene rings is 4. The van der Waals surface area contributed by atoms with Gasteiger partial charge in [-0.15, -0.1) is 0 Å². The van der Waals surface area contributed by atoms with Gasteiger partial charge < -0.3 is 5.32 Å². The minimum absolute atomic E-state index is 0.0706. The highest BCUT2D eigenvalue weighted by Gasteiger charge is 2.08. The normalized spacial score (nSPS) is 10.9. The number of nitrogens with one attached hydrogen (secondary N) is 1. The van der Waals surface area contributed by atoms with Crippen LogP contribution in [0.15, 0.2) is 84.9 Å². The lowest BCUT2D eigenvalue weighted by Gasteiger charge is -2.11. The second kappa shape index (κ2) is 7.40. The van der Waals surface area contributed by atoms with Crippen LogP contribution in [0.5, 0.6) is 0 Å². The molecule has 0 atom stereocenters. The number of fused-ring (bicyclic) bond motifs is 3. The number of amides is 1. The van der Waals surface area contributed by atoms with E-state index in [1.165, 1.54) is 27.1 Å². The second-order valence-corrected chi connectivity index (χ2v) is 6.57. The van der Waals surface area contributed by atoms with E-state index in [-0.39, 0.29) is 5.91 Å². The van der Waals surface area contributed by atoms with Crippen LogP contribution in [0.1, 0.15) is 18.4 Å². The van der Waals surface area contributed by atoms with E-state index in [0.717, 1.165) is 18.5 Å². The van der Waals surface area contributed by atoms with Crippen LogP contribution < -0.4 is 5.32 Å². The summed E-state index contributed by atoms with van der Waals surface area (Å²) < 4.78 is 0. The zero-order valence-corrected chi connectivity index (χ0v) is 14.6. The Hall–Kier alpha value is -3.13. The van der Waals surface area contributed by atoms with Gasteiger partial charge in [0.25, 0.3) is 0 Å². The molecular formula is C24H21NO. The second-order valence-electron chi connectivity index (χ2n) is 6.57. The SMILES string of the molecule is O=C(CCCc1cc2ccccc2c2ccccc12)Nc1ccccc1. The smallest absolute Gasteiger partial charge is 0.224 e. The van der Waals surface area contributed by atoms with Gasteiger partial charge in [0.2, 0.25) is 5.91 Å².